The van der Waals surface area contributed by atoms with E-state index in [1.54, 1.807) is 13.0 Å². The molecule has 1 aromatic carbocycles. The van der Waals surface area contributed by atoms with E-state index in [4.69, 9.17) is 10.5 Å². The molecule has 0 fully saturated rings. The molecule has 0 amide bonds. The van der Waals surface area contributed by atoms with Gasteiger partial charge < -0.3 is 9.47 Å². The molecular formula is C13H13F2NO3. The number of carbonyl (C=O) groups is 1. The predicted molar refractivity (Wildman–Crippen MR) is 64.4 cm³/mol. The number of hydrogen-bond acceptors (Lipinski definition) is 4. The summed E-state index contributed by atoms with van der Waals surface area (Å²) in [5.74, 6) is -0.0466. The van der Waals surface area contributed by atoms with Crippen molar-refractivity contribution < 1.29 is 23.0 Å². The second-order valence-electron chi connectivity index (χ2n) is 4.38. The van der Waals surface area contributed by atoms with Crippen molar-refractivity contribution >= 4 is 11.4 Å². The van der Waals surface area contributed by atoms with Crippen molar-refractivity contribution in [2.45, 2.75) is 26.2 Å². The topological polar surface area (TPSA) is 61.5 Å². The zero-order valence-corrected chi connectivity index (χ0v) is 10.4. The summed E-state index contributed by atoms with van der Waals surface area (Å²) < 4.78 is 33.9. The van der Waals surface area contributed by atoms with Crippen LogP contribution in [0.5, 0.6) is 5.75 Å². The minimum atomic E-state index is -2.92. The molecule has 0 spiro atoms. The first-order valence-electron chi connectivity index (χ1n) is 5.60. The van der Waals surface area contributed by atoms with Gasteiger partial charge in [-0.05, 0) is 31.5 Å². The van der Waals surface area contributed by atoms with Gasteiger partial charge in [-0.1, -0.05) is 12.1 Å². The summed E-state index contributed by atoms with van der Waals surface area (Å²) >= 11 is 0. The maximum atomic E-state index is 12.2. The van der Waals surface area contributed by atoms with Gasteiger partial charge >= 0.3 is 6.61 Å². The Labute approximate surface area is 108 Å². The molecule has 0 aliphatic carbocycles. The van der Waals surface area contributed by atoms with Crippen molar-refractivity contribution in [2.24, 2.45) is 5.73 Å². The standard InChI is InChI=1S/C13H13F2NO3/c1-7-10(11(17)13(2,16)19-7)8-4-3-5-9(6-8)18-12(14)15/h3-6,12H,16H2,1-2H3. The molecule has 1 aliphatic rings. The predicted octanol–water partition coefficient (Wildman–Crippen LogP) is 2.29. The van der Waals surface area contributed by atoms with Gasteiger partial charge in [-0.3, -0.25) is 10.5 Å². The van der Waals surface area contributed by atoms with Crippen LogP contribution in [0.15, 0.2) is 30.0 Å². The van der Waals surface area contributed by atoms with E-state index in [1.165, 1.54) is 25.1 Å². The lowest BCUT2D eigenvalue weighted by Gasteiger charge is -2.16. The van der Waals surface area contributed by atoms with E-state index in [0.717, 1.165) is 0 Å². The van der Waals surface area contributed by atoms with Gasteiger partial charge in [0, 0.05) is 0 Å². The summed E-state index contributed by atoms with van der Waals surface area (Å²) in [7, 11) is 0. The Kier molecular flexibility index (Phi) is 3.28. The van der Waals surface area contributed by atoms with Gasteiger partial charge in [0.25, 0.3) is 0 Å². The number of carbonyl (C=O) groups excluding carboxylic acids is 1. The fraction of sp³-hybridized carbons (Fsp3) is 0.308. The zero-order chi connectivity index (χ0) is 14.2. The number of ketones is 1. The summed E-state index contributed by atoms with van der Waals surface area (Å²) in [5, 5.41) is 0. The van der Waals surface area contributed by atoms with E-state index in [9.17, 15) is 13.6 Å². The fourth-order valence-electron chi connectivity index (χ4n) is 1.99. The molecule has 2 rings (SSSR count). The number of alkyl halides is 2. The highest BCUT2D eigenvalue weighted by Gasteiger charge is 2.41. The van der Waals surface area contributed by atoms with Gasteiger partial charge in [0.1, 0.15) is 11.5 Å². The maximum Gasteiger partial charge on any atom is 0.387 e. The minimum absolute atomic E-state index is 0.0220. The van der Waals surface area contributed by atoms with E-state index in [2.05, 4.69) is 4.74 Å². The summed E-state index contributed by atoms with van der Waals surface area (Å²) in [6.45, 7) is 0.137. The normalized spacial score (nSPS) is 22.9. The molecule has 1 aliphatic heterocycles. The van der Waals surface area contributed by atoms with E-state index in [0.29, 0.717) is 11.3 Å². The van der Waals surface area contributed by atoms with Gasteiger partial charge in [-0.15, -0.1) is 0 Å². The third kappa shape index (κ3) is 2.58. The Hall–Kier alpha value is -1.95. The lowest BCUT2D eigenvalue weighted by atomic mass is 9.97. The van der Waals surface area contributed by atoms with Crippen LogP contribution in [-0.2, 0) is 9.53 Å². The van der Waals surface area contributed by atoms with Crippen LogP contribution in [0.2, 0.25) is 0 Å². The highest BCUT2D eigenvalue weighted by molar-refractivity contribution is 6.26. The van der Waals surface area contributed by atoms with Gasteiger partial charge in [-0.25, -0.2) is 0 Å². The number of ether oxygens (including phenoxy) is 2. The van der Waals surface area contributed by atoms with Crippen LogP contribution in [0.1, 0.15) is 19.4 Å². The van der Waals surface area contributed by atoms with Crippen molar-refractivity contribution in [3.63, 3.8) is 0 Å². The molecule has 1 aromatic rings. The number of benzene rings is 1. The smallest absolute Gasteiger partial charge is 0.387 e. The maximum absolute atomic E-state index is 12.2. The number of nitrogens with two attached hydrogens (primary N) is 1. The summed E-state index contributed by atoms with van der Waals surface area (Å²) in [5.41, 5.74) is 5.00. The highest BCUT2D eigenvalue weighted by atomic mass is 19.3. The molecule has 4 nitrogen and oxygen atoms in total. The second kappa shape index (κ2) is 4.62. The highest BCUT2D eigenvalue weighted by Crippen LogP contribution is 2.34. The first-order chi connectivity index (χ1) is 8.81. The average Bonchev–Trinajstić information content (AvgIpc) is 2.47. The Morgan fingerprint density at radius 3 is 2.63 bits per heavy atom. The molecule has 1 atom stereocenters. The van der Waals surface area contributed by atoms with Crippen LogP contribution in [-0.4, -0.2) is 18.1 Å². The number of hydrogen-bond donors (Lipinski definition) is 1. The largest absolute Gasteiger partial charge is 0.469 e. The Balaban J connectivity index is 2.38. The summed E-state index contributed by atoms with van der Waals surface area (Å²) in [4.78, 5) is 12.1. The van der Waals surface area contributed by atoms with Gasteiger partial charge in [0.15, 0.2) is 0 Å². The van der Waals surface area contributed by atoms with Crippen LogP contribution < -0.4 is 10.5 Å². The molecule has 0 aromatic heterocycles. The van der Waals surface area contributed by atoms with Crippen LogP contribution >= 0.6 is 0 Å². The van der Waals surface area contributed by atoms with Gasteiger partial charge in [-0.2, -0.15) is 8.78 Å². The van der Waals surface area contributed by atoms with E-state index >= 15 is 0 Å². The molecule has 0 bridgehead atoms. The number of halogens is 2. The number of rotatable bonds is 3. The summed E-state index contributed by atoms with van der Waals surface area (Å²) in [6, 6.07) is 5.87. The molecule has 0 radical (unpaired) electrons. The Bertz CT molecular complexity index is 553. The van der Waals surface area contributed by atoms with Crippen molar-refractivity contribution in [1.29, 1.82) is 0 Å². The quantitative estimate of drug-likeness (QED) is 0.914. The molecule has 0 saturated carbocycles. The average molecular weight is 269 g/mol. The van der Waals surface area contributed by atoms with E-state index in [-0.39, 0.29) is 17.1 Å². The molecule has 6 heteroatoms. The van der Waals surface area contributed by atoms with Crippen LogP contribution in [0.25, 0.3) is 5.57 Å². The van der Waals surface area contributed by atoms with E-state index in [1.807, 2.05) is 0 Å². The monoisotopic (exact) mass is 269 g/mol. The van der Waals surface area contributed by atoms with Gasteiger partial charge in [0.2, 0.25) is 11.5 Å². The van der Waals surface area contributed by atoms with Crippen molar-refractivity contribution in [3.05, 3.63) is 35.6 Å². The van der Waals surface area contributed by atoms with Gasteiger partial charge in [0.05, 0.1) is 5.57 Å². The van der Waals surface area contributed by atoms with E-state index < -0.39 is 12.3 Å². The van der Waals surface area contributed by atoms with Crippen molar-refractivity contribution in [3.8, 4) is 5.75 Å². The molecule has 1 heterocycles. The van der Waals surface area contributed by atoms with Crippen molar-refractivity contribution in [2.75, 3.05) is 0 Å². The third-order valence-corrected chi connectivity index (χ3v) is 2.74. The molecule has 102 valence electrons. The lowest BCUT2D eigenvalue weighted by Crippen LogP contribution is -2.43. The number of allylic oxidation sites excluding steroid dienone is 1. The molecule has 2 N–H and O–H groups in total. The minimum Gasteiger partial charge on any atom is -0.469 e. The molecule has 0 saturated heterocycles. The lowest BCUT2D eigenvalue weighted by molar-refractivity contribution is -0.127. The molecule has 1 unspecified atom stereocenters. The summed E-state index contributed by atoms with van der Waals surface area (Å²) in [6.07, 6.45) is 0. The Morgan fingerprint density at radius 1 is 1.42 bits per heavy atom. The van der Waals surface area contributed by atoms with Crippen molar-refractivity contribution in [1.82, 2.24) is 0 Å². The van der Waals surface area contributed by atoms with Crippen LogP contribution in [0.3, 0.4) is 0 Å². The SMILES string of the molecule is CC1=C(c2cccc(OC(F)F)c2)C(=O)C(C)(N)O1. The molecule has 19 heavy (non-hydrogen) atoms. The Morgan fingerprint density at radius 2 is 2.11 bits per heavy atom. The van der Waals surface area contributed by atoms with Crippen LogP contribution in [0, 0.1) is 0 Å². The number of Topliss-reactive ketones (excluding diaryl/α,β-unsaturated/α-hetero) is 1. The fourth-order valence-corrected chi connectivity index (χ4v) is 1.99. The first-order valence-corrected chi connectivity index (χ1v) is 5.60. The zero-order valence-electron chi connectivity index (χ0n) is 10.4. The van der Waals surface area contributed by atoms with Crippen LogP contribution in [0.4, 0.5) is 8.78 Å². The second-order valence-corrected chi connectivity index (χ2v) is 4.38. The third-order valence-electron chi connectivity index (χ3n) is 2.74. The molecular weight excluding hydrogens is 256 g/mol. The first kappa shape index (κ1) is 13.5.